The molecule has 0 radical (unpaired) electrons. The highest BCUT2D eigenvalue weighted by Gasteiger charge is 2.27. The van der Waals surface area contributed by atoms with E-state index >= 15 is 0 Å². The van der Waals surface area contributed by atoms with Gasteiger partial charge in [0.2, 0.25) is 5.91 Å². The van der Waals surface area contributed by atoms with Gasteiger partial charge in [-0.15, -0.1) is 6.58 Å². The van der Waals surface area contributed by atoms with Gasteiger partial charge in [0, 0.05) is 6.54 Å². The number of hydrogen-bond donors (Lipinski definition) is 2. The average Bonchev–Trinajstić information content (AvgIpc) is 2.81. The number of benzene rings is 3. The Labute approximate surface area is 200 Å². The van der Waals surface area contributed by atoms with E-state index < -0.39 is 22.5 Å². The Morgan fingerprint density at radius 3 is 2.32 bits per heavy atom. The molecule has 0 saturated heterocycles. The molecule has 8 heteroatoms. The van der Waals surface area contributed by atoms with E-state index in [-0.39, 0.29) is 28.6 Å². The van der Waals surface area contributed by atoms with E-state index in [1.54, 1.807) is 60.7 Å². The average molecular weight is 478 g/mol. The molecule has 0 atom stereocenters. The quantitative estimate of drug-likeness (QED) is 0.455. The Bertz CT molecular complexity index is 1300. The number of aryl methyl sites for hydroxylation is 2. The minimum atomic E-state index is -4.03. The van der Waals surface area contributed by atoms with E-state index in [4.69, 9.17) is 0 Å². The Kier molecular flexibility index (Phi) is 7.86. The van der Waals surface area contributed by atoms with Crippen LogP contribution >= 0.6 is 0 Å². The standard InChI is InChI=1S/C26H27N3O4S/c1-4-16-27-26(31)23-10-5-6-11-24(23)28-25(30)18-29(21-9-7-8-20(3)17-21)34(32,33)22-14-12-19(2)13-15-22/h4-15,17H,1,16,18H2,2-3H3,(H,27,31)(H,28,30). The fourth-order valence-electron chi connectivity index (χ4n) is 3.31. The molecule has 0 aliphatic heterocycles. The van der Waals surface area contributed by atoms with Gasteiger partial charge in [-0.3, -0.25) is 13.9 Å². The molecule has 0 aromatic heterocycles. The maximum Gasteiger partial charge on any atom is 0.264 e. The largest absolute Gasteiger partial charge is 0.349 e. The molecule has 34 heavy (non-hydrogen) atoms. The number of hydrogen-bond acceptors (Lipinski definition) is 4. The van der Waals surface area contributed by atoms with Gasteiger partial charge in [-0.1, -0.05) is 48.0 Å². The molecule has 3 aromatic carbocycles. The highest BCUT2D eigenvalue weighted by molar-refractivity contribution is 7.92. The summed E-state index contributed by atoms with van der Waals surface area (Å²) in [6.07, 6.45) is 1.55. The Balaban J connectivity index is 1.92. The van der Waals surface area contributed by atoms with Gasteiger partial charge in [-0.2, -0.15) is 0 Å². The van der Waals surface area contributed by atoms with Gasteiger partial charge in [0.05, 0.1) is 21.8 Å². The van der Waals surface area contributed by atoms with E-state index in [1.165, 1.54) is 12.1 Å². The molecule has 3 aromatic rings. The first-order valence-corrected chi connectivity index (χ1v) is 12.1. The SMILES string of the molecule is C=CCNC(=O)c1ccccc1NC(=O)CN(c1cccc(C)c1)S(=O)(=O)c1ccc(C)cc1. The van der Waals surface area contributed by atoms with E-state index in [0.29, 0.717) is 5.69 Å². The van der Waals surface area contributed by atoms with Crippen LogP contribution in [0.15, 0.2) is 90.3 Å². The third-order valence-electron chi connectivity index (χ3n) is 5.04. The number of carbonyl (C=O) groups is 2. The van der Waals surface area contributed by atoms with Crippen molar-refractivity contribution in [2.75, 3.05) is 22.7 Å². The Morgan fingerprint density at radius 1 is 0.941 bits per heavy atom. The molecular weight excluding hydrogens is 450 g/mol. The van der Waals surface area contributed by atoms with Crippen LogP contribution in [0.1, 0.15) is 21.5 Å². The van der Waals surface area contributed by atoms with Gasteiger partial charge in [0.1, 0.15) is 6.54 Å². The predicted octanol–water partition coefficient (Wildman–Crippen LogP) is 4.05. The van der Waals surface area contributed by atoms with Crippen molar-refractivity contribution in [1.29, 1.82) is 0 Å². The molecule has 0 heterocycles. The van der Waals surface area contributed by atoms with Crippen molar-refractivity contribution in [2.24, 2.45) is 0 Å². The first-order chi connectivity index (χ1) is 16.2. The van der Waals surface area contributed by atoms with Crippen LogP contribution < -0.4 is 14.9 Å². The summed E-state index contributed by atoms with van der Waals surface area (Å²) in [5.41, 5.74) is 2.69. The molecular formula is C26H27N3O4S. The zero-order valence-electron chi connectivity index (χ0n) is 19.1. The molecule has 0 bridgehead atoms. The molecule has 0 saturated carbocycles. The second kappa shape index (κ2) is 10.8. The van der Waals surface area contributed by atoms with Gasteiger partial charge in [-0.25, -0.2) is 8.42 Å². The number of sulfonamides is 1. The molecule has 3 rings (SSSR count). The van der Waals surface area contributed by atoms with Crippen LogP contribution in [0.2, 0.25) is 0 Å². The molecule has 2 amide bonds. The lowest BCUT2D eigenvalue weighted by molar-refractivity contribution is -0.114. The van der Waals surface area contributed by atoms with Crippen molar-refractivity contribution in [1.82, 2.24) is 5.32 Å². The molecule has 0 fully saturated rings. The summed E-state index contributed by atoms with van der Waals surface area (Å²) in [4.78, 5) is 25.6. The van der Waals surface area contributed by atoms with Crippen LogP contribution in [-0.2, 0) is 14.8 Å². The molecule has 7 nitrogen and oxygen atoms in total. The van der Waals surface area contributed by atoms with Crippen molar-refractivity contribution >= 4 is 33.2 Å². The third kappa shape index (κ3) is 5.90. The number of nitrogens with zero attached hydrogens (tertiary/aromatic N) is 1. The number of amides is 2. The van der Waals surface area contributed by atoms with E-state index in [9.17, 15) is 18.0 Å². The fourth-order valence-corrected chi connectivity index (χ4v) is 4.72. The lowest BCUT2D eigenvalue weighted by atomic mass is 10.1. The number of anilines is 2. The topological polar surface area (TPSA) is 95.6 Å². The van der Waals surface area contributed by atoms with Crippen LogP contribution in [0.25, 0.3) is 0 Å². The minimum Gasteiger partial charge on any atom is -0.349 e. The zero-order valence-corrected chi connectivity index (χ0v) is 19.9. The Hall–Kier alpha value is -3.91. The fraction of sp³-hybridized carbons (Fsp3) is 0.154. The van der Waals surface area contributed by atoms with Gasteiger partial charge in [0.15, 0.2) is 0 Å². The summed E-state index contributed by atoms with van der Waals surface area (Å²) in [5.74, 6) is -0.959. The monoisotopic (exact) mass is 477 g/mol. The maximum atomic E-state index is 13.5. The number of para-hydroxylation sites is 1. The molecule has 0 aliphatic rings. The Morgan fingerprint density at radius 2 is 1.65 bits per heavy atom. The molecule has 2 N–H and O–H groups in total. The van der Waals surface area contributed by atoms with E-state index in [0.717, 1.165) is 15.4 Å². The third-order valence-corrected chi connectivity index (χ3v) is 6.83. The first kappa shape index (κ1) is 24.7. The zero-order chi connectivity index (χ0) is 24.7. The van der Waals surface area contributed by atoms with E-state index in [1.807, 2.05) is 19.9 Å². The van der Waals surface area contributed by atoms with Crippen molar-refractivity contribution in [3.8, 4) is 0 Å². The van der Waals surface area contributed by atoms with Crippen LogP contribution in [0.5, 0.6) is 0 Å². The highest BCUT2D eigenvalue weighted by atomic mass is 32.2. The van der Waals surface area contributed by atoms with Crippen molar-refractivity contribution in [3.63, 3.8) is 0 Å². The first-order valence-electron chi connectivity index (χ1n) is 10.7. The normalized spacial score (nSPS) is 10.9. The smallest absolute Gasteiger partial charge is 0.264 e. The van der Waals surface area contributed by atoms with Crippen LogP contribution in [0.4, 0.5) is 11.4 Å². The lowest BCUT2D eigenvalue weighted by Crippen LogP contribution is -2.38. The van der Waals surface area contributed by atoms with Gasteiger partial charge in [-0.05, 0) is 55.8 Å². The molecule has 0 spiro atoms. The molecule has 0 unspecified atom stereocenters. The van der Waals surface area contributed by atoms with Crippen molar-refractivity contribution < 1.29 is 18.0 Å². The van der Waals surface area contributed by atoms with Gasteiger partial charge >= 0.3 is 0 Å². The van der Waals surface area contributed by atoms with Crippen LogP contribution in [0, 0.1) is 13.8 Å². The second-order valence-electron chi connectivity index (χ2n) is 7.76. The second-order valence-corrected chi connectivity index (χ2v) is 9.62. The van der Waals surface area contributed by atoms with Crippen LogP contribution in [0.3, 0.4) is 0 Å². The highest BCUT2D eigenvalue weighted by Crippen LogP contribution is 2.25. The maximum absolute atomic E-state index is 13.5. The molecule has 0 aliphatic carbocycles. The molecule has 176 valence electrons. The summed E-state index contributed by atoms with van der Waals surface area (Å²) in [7, 11) is -4.03. The van der Waals surface area contributed by atoms with Crippen molar-refractivity contribution in [3.05, 3.63) is 102 Å². The summed E-state index contributed by atoms with van der Waals surface area (Å²) in [5, 5.41) is 5.35. The van der Waals surface area contributed by atoms with Crippen LogP contribution in [-0.4, -0.2) is 33.3 Å². The van der Waals surface area contributed by atoms with E-state index in [2.05, 4.69) is 17.2 Å². The van der Waals surface area contributed by atoms with Crippen molar-refractivity contribution in [2.45, 2.75) is 18.7 Å². The summed E-state index contributed by atoms with van der Waals surface area (Å²) in [6, 6.07) is 19.9. The summed E-state index contributed by atoms with van der Waals surface area (Å²) < 4.78 is 28.1. The number of rotatable bonds is 9. The number of nitrogens with one attached hydrogen (secondary N) is 2. The summed E-state index contributed by atoms with van der Waals surface area (Å²) in [6.45, 7) is 7.09. The van der Waals surface area contributed by atoms with Gasteiger partial charge in [0.25, 0.3) is 15.9 Å². The predicted molar refractivity (Wildman–Crippen MR) is 134 cm³/mol. The lowest BCUT2D eigenvalue weighted by Gasteiger charge is -2.24. The number of carbonyl (C=O) groups excluding carboxylic acids is 2. The minimum absolute atomic E-state index is 0.0802. The summed E-state index contributed by atoms with van der Waals surface area (Å²) >= 11 is 0. The van der Waals surface area contributed by atoms with Gasteiger partial charge < -0.3 is 10.6 Å².